The summed E-state index contributed by atoms with van der Waals surface area (Å²) in [6, 6.07) is 0.543. The van der Waals surface area contributed by atoms with Gasteiger partial charge in [-0.05, 0) is 13.0 Å². The smallest absolute Gasteiger partial charge is 0.237 e. The third kappa shape index (κ3) is 1.21. The van der Waals surface area contributed by atoms with Crippen molar-refractivity contribution < 1.29 is 4.79 Å². The van der Waals surface area contributed by atoms with E-state index in [9.17, 15) is 4.79 Å². The minimum absolute atomic E-state index is 0.252. The van der Waals surface area contributed by atoms with Gasteiger partial charge in [0.2, 0.25) is 5.91 Å². The fraction of sp³-hybridized carbons (Fsp3) is 0.875. The molecule has 1 atom stereocenters. The van der Waals surface area contributed by atoms with Gasteiger partial charge in [0, 0.05) is 32.6 Å². The molecule has 0 spiro atoms. The SMILES string of the molecule is CN1C(=O)CCN1C1CCNC1. The molecule has 2 aliphatic heterocycles. The van der Waals surface area contributed by atoms with E-state index in [1.165, 1.54) is 0 Å². The van der Waals surface area contributed by atoms with E-state index in [-0.39, 0.29) is 5.91 Å². The molecule has 0 aliphatic carbocycles. The van der Waals surface area contributed by atoms with Crippen LogP contribution in [0.15, 0.2) is 0 Å². The van der Waals surface area contributed by atoms with Crippen LogP contribution in [-0.4, -0.2) is 48.6 Å². The molecular formula is C8H15N3O. The van der Waals surface area contributed by atoms with Crippen LogP contribution in [0.3, 0.4) is 0 Å². The standard InChI is InChI=1S/C8H15N3O/c1-10-8(12)3-5-11(10)7-2-4-9-6-7/h7,9H,2-6H2,1H3. The van der Waals surface area contributed by atoms with E-state index in [2.05, 4.69) is 10.3 Å². The van der Waals surface area contributed by atoms with E-state index >= 15 is 0 Å². The molecule has 2 heterocycles. The van der Waals surface area contributed by atoms with Crippen molar-refractivity contribution in [3.8, 4) is 0 Å². The molecule has 2 saturated heterocycles. The molecule has 1 unspecified atom stereocenters. The zero-order chi connectivity index (χ0) is 8.55. The Morgan fingerprint density at radius 2 is 2.42 bits per heavy atom. The summed E-state index contributed by atoms with van der Waals surface area (Å²) in [5.41, 5.74) is 0. The zero-order valence-corrected chi connectivity index (χ0v) is 7.42. The van der Waals surface area contributed by atoms with Crippen molar-refractivity contribution in [2.24, 2.45) is 0 Å². The monoisotopic (exact) mass is 169 g/mol. The van der Waals surface area contributed by atoms with E-state index in [0.29, 0.717) is 12.5 Å². The Bertz CT molecular complexity index is 189. The number of hydrogen-bond donors (Lipinski definition) is 1. The van der Waals surface area contributed by atoms with Gasteiger partial charge in [-0.1, -0.05) is 0 Å². The lowest BCUT2D eigenvalue weighted by atomic mass is 10.2. The Morgan fingerprint density at radius 3 is 2.92 bits per heavy atom. The van der Waals surface area contributed by atoms with Crippen molar-refractivity contribution in [1.82, 2.24) is 15.3 Å². The Labute approximate surface area is 72.5 Å². The summed E-state index contributed by atoms with van der Waals surface area (Å²) in [7, 11) is 1.87. The maximum absolute atomic E-state index is 11.2. The number of hydrogen-bond acceptors (Lipinski definition) is 3. The lowest BCUT2D eigenvalue weighted by molar-refractivity contribution is -0.137. The van der Waals surface area contributed by atoms with Crippen LogP contribution in [0.4, 0.5) is 0 Å². The van der Waals surface area contributed by atoms with Crippen molar-refractivity contribution in [2.75, 3.05) is 26.7 Å². The van der Waals surface area contributed by atoms with Gasteiger partial charge in [0.05, 0.1) is 0 Å². The fourth-order valence-corrected chi connectivity index (χ4v) is 1.99. The minimum atomic E-state index is 0.252. The predicted octanol–water partition coefficient (Wildman–Crippen LogP) is -0.573. The average Bonchev–Trinajstić information content (AvgIpc) is 2.64. The molecule has 1 N–H and O–H groups in total. The maximum atomic E-state index is 11.2. The Morgan fingerprint density at radius 1 is 1.58 bits per heavy atom. The van der Waals surface area contributed by atoms with Gasteiger partial charge < -0.3 is 5.32 Å². The summed E-state index contributed by atoms with van der Waals surface area (Å²) in [6.45, 7) is 3.02. The average molecular weight is 169 g/mol. The highest BCUT2D eigenvalue weighted by Gasteiger charge is 2.32. The lowest BCUT2D eigenvalue weighted by Crippen LogP contribution is -2.44. The summed E-state index contributed by atoms with van der Waals surface area (Å²) >= 11 is 0. The van der Waals surface area contributed by atoms with E-state index in [1.807, 2.05) is 7.05 Å². The van der Waals surface area contributed by atoms with Gasteiger partial charge >= 0.3 is 0 Å². The van der Waals surface area contributed by atoms with Crippen LogP contribution in [0, 0.1) is 0 Å². The van der Waals surface area contributed by atoms with Gasteiger partial charge in [0.25, 0.3) is 0 Å². The lowest BCUT2D eigenvalue weighted by Gasteiger charge is -2.29. The summed E-state index contributed by atoms with van der Waals surface area (Å²) in [6.07, 6.45) is 1.85. The molecule has 0 aromatic carbocycles. The normalized spacial score (nSPS) is 31.9. The number of hydrazine groups is 1. The molecular weight excluding hydrogens is 154 g/mol. The van der Waals surface area contributed by atoms with Gasteiger partial charge in [-0.3, -0.25) is 9.80 Å². The molecule has 4 heteroatoms. The highest BCUT2D eigenvalue weighted by atomic mass is 16.2. The number of nitrogens with zero attached hydrogens (tertiary/aromatic N) is 2. The topological polar surface area (TPSA) is 35.6 Å². The molecule has 2 rings (SSSR count). The molecule has 2 aliphatic rings. The molecule has 1 amide bonds. The van der Waals surface area contributed by atoms with Crippen LogP contribution >= 0.6 is 0 Å². The van der Waals surface area contributed by atoms with E-state index in [1.54, 1.807) is 5.01 Å². The Hall–Kier alpha value is -0.610. The number of carbonyl (C=O) groups excluding carboxylic acids is 1. The van der Waals surface area contributed by atoms with Gasteiger partial charge in [-0.25, -0.2) is 5.01 Å². The molecule has 68 valence electrons. The van der Waals surface area contributed by atoms with Gasteiger partial charge in [0.15, 0.2) is 0 Å². The van der Waals surface area contributed by atoms with Crippen LogP contribution in [0.2, 0.25) is 0 Å². The van der Waals surface area contributed by atoms with Crippen LogP contribution < -0.4 is 5.32 Å². The first-order valence-electron chi connectivity index (χ1n) is 4.53. The van der Waals surface area contributed by atoms with Crippen LogP contribution in [0.5, 0.6) is 0 Å². The van der Waals surface area contributed by atoms with Crippen molar-refractivity contribution in [1.29, 1.82) is 0 Å². The summed E-state index contributed by atoms with van der Waals surface area (Å²) in [5.74, 6) is 0.252. The van der Waals surface area contributed by atoms with Crippen molar-refractivity contribution >= 4 is 5.91 Å². The minimum Gasteiger partial charge on any atom is -0.315 e. The first kappa shape index (κ1) is 8.01. The van der Waals surface area contributed by atoms with Gasteiger partial charge in [0.1, 0.15) is 0 Å². The fourth-order valence-electron chi connectivity index (χ4n) is 1.99. The summed E-state index contributed by atoms with van der Waals surface area (Å²) in [4.78, 5) is 11.2. The van der Waals surface area contributed by atoms with Crippen LogP contribution in [0.25, 0.3) is 0 Å². The van der Waals surface area contributed by atoms with Crippen molar-refractivity contribution in [3.63, 3.8) is 0 Å². The van der Waals surface area contributed by atoms with Gasteiger partial charge in [-0.15, -0.1) is 0 Å². The third-order valence-electron chi connectivity index (χ3n) is 2.76. The molecule has 4 nitrogen and oxygen atoms in total. The quantitative estimate of drug-likeness (QED) is 0.571. The first-order chi connectivity index (χ1) is 5.79. The van der Waals surface area contributed by atoms with E-state index in [4.69, 9.17) is 0 Å². The Balaban J connectivity index is 1.99. The van der Waals surface area contributed by atoms with Gasteiger partial charge in [-0.2, -0.15) is 0 Å². The van der Waals surface area contributed by atoms with Crippen LogP contribution in [-0.2, 0) is 4.79 Å². The maximum Gasteiger partial charge on any atom is 0.237 e. The second-order valence-corrected chi connectivity index (χ2v) is 3.48. The second-order valence-electron chi connectivity index (χ2n) is 3.48. The molecule has 2 fully saturated rings. The number of rotatable bonds is 1. The largest absolute Gasteiger partial charge is 0.315 e. The van der Waals surface area contributed by atoms with Crippen LogP contribution in [0.1, 0.15) is 12.8 Å². The zero-order valence-electron chi connectivity index (χ0n) is 7.42. The molecule has 0 aromatic heterocycles. The van der Waals surface area contributed by atoms with Crippen molar-refractivity contribution in [2.45, 2.75) is 18.9 Å². The second kappa shape index (κ2) is 3.03. The summed E-state index contributed by atoms with van der Waals surface area (Å²) < 4.78 is 0. The van der Waals surface area contributed by atoms with E-state index in [0.717, 1.165) is 26.1 Å². The number of nitrogens with one attached hydrogen (secondary N) is 1. The molecule has 0 saturated carbocycles. The molecule has 0 bridgehead atoms. The number of carbonyl (C=O) groups is 1. The predicted molar refractivity (Wildman–Crippen MR) is 45.4 cm³/mol. The molecule has 0 radical (unpaired) electrons. The highest BCUT2D eigenvalue weighted by Crippen LogP contribution is 2.17. The summed E-state index contributed by atoms with van der Waals surface area (Å²) in [5, 5.41) is 7.26. The molecule has 12 heavy (non-hydrogen) atoms. The highest BCUT2D eigenvalue weighted by molar-refractivity contribution is 5.77. The molecule has 0 aromatic rings. The third-order valence-corrected chi connectivity index (χ3v) is 2.76. The first-order valence-corrected chi connectivity index (χ1v) is 4.53. The van der Waals surface area contributed by atoms with Crippen molar-refractivity contribution in [3.05, 3.63) is 0 Å². The number of amides is 1. The Kier molecular flexibility index (Phi) is 2.02. The van der Waals surface area contributed by atoms with E-state index < -0.39 is 0 Å².